The number of anilines is 1. The fraction of sp³-hybridized carbons (Fsp3) is 0.200. The van der Waals surface area contributed by atoms with Crippen molar-refractivity contribution in [3.63, 3.8) is 0 Å². The Morgan fingerprint density at radius 1 is 1.39 bits per heavy atom. The van der Waals surface area contributed by atoms with Gasteiger partial charge in [-0.25, -0.2) is 4.98 Å². The van der Waals surface area contributed by atoms with Crippen molar-refractivity contribution in [1.29, 1.82) is 0 Å². The first-order valence-electron chi connectivity index (χ1n) is 5.19. The van der Waals surface area contributed by atoms with Gasteiger partial charge in [0.25, 0.3) is 10.0 Å². The van der Waals surface area contributed by atoms with Crippen molar-refractivity contribution in [2.45, 2.75) is 11.6 Å². The van der Waals surface area contributed by atoms with Crippen LogP contribution in [0.1, 0.15) is 5.56 Å². The van der Waals surface area contributed by atoms with Crippen LogP contribution in [0.5, 0.6) is 0 Å². The molecule has 0 amide bonds. The van der Waals surface area contributed by atoms with Gasteiger partial charge in [0.05, 0.1) is 6.20 Å². The van der Waals surface area contributed by atoms with Crippen LogP contribution >= 0.6 is 0 Å². The molecule has 3 N–H and O–H groups in total. The Morgan fingerprint density at radius 3 is 2.67 bits per heavy atom. The molecular formula is C10H13N5O2S. The van der Waals surface area contributed by atoms with Crippen molar-refractivity contribution < 1.29 is 8.42 Å². The van der Waals surface area contributed by atoms with E-state index in [0.29, 0.717) is 6.54 Å². The standard InChI is InChI=1S/C10H13N5O2S/c1-15-10(4-5-13-15)18(16,17)14-9-3-2-8(6-11)7-12-9/h2-5,7H,6,11H2,1H3,(H,12,14). The molecule has 0 bridgehead atoms. The summed E-state index contributed by atoms with van der Waals surface area (Å²) in [6.07, 6.45) is 2.95. The van der Waals surface area contributed by atoms with E-state index in [-0.39, 0.29) is 10.8 Å². The second-order valence-electron chi connectivity index (χ2n) is 3.65. The number of sulfonamides is 1. The molecule has 0 saturated carbocycles. The van der Waals surface area contributed by atoms with Gasteiger partial charge in [-0.3, -0.25) is 9.40 Å². The topological polar surface area (TPSA) is 103 Å². The Balaban J connectivity index is 2.25. The zero-order valence-corrected chi connectivity index (χ0v) is 10.6. The second-order valence-corrected chi connectivity index (χ2v) is 5.28. The van der Waals surface area contributed by atoms with Crippen molar-refractivity contribution in [1.82, 2.24) is 14.8 Å². The first-order valence-corrected chi connectivity index (χ1v) is 6.67. The Bertz CT molecular complexity index is 633. The van der Waals surface area contributed by atoms with Gasteiger partial charge in [0.1, 0.15) is 5.82 Å². The van der Waals surface area contributed by atoms with E-state index in [9.17, 15) is 8.42 Å². The maximum atomic E-state index is 12.0. The number of hydrogen-bond donors (Lipinski definition) is 2. The molecule has 0 aromatic carbocycles. The second kappa shape index (κ2) is 4.75. The van der Waals surface area contributed by atoms with Crippen molar-refractivity contribution in [2.24, 2.45) is 12.8 Å². The summed E-state index contributed by atoms with van der Waals surface area (Å²) < 4.78 is 27.6. The third-order valence-corrected chi connectivity index (χ3v) is 3.78. The number of nitrogens with zero attached hydrogens (tertiary/aromatic N) is 3. The zero-order chi connectivity index (χ0) is 13.2. The first-order chi connectivity index (χ1) is 8.53. The van der Waals surface area contributed by atoms with E-state index in [2.05, 4.69) is 14.8 Å². The van der Waals surface area contributed by atoms with E-state index in [1.807, 2.05) is 0 Å². The lowest BCUT2D eigenvalue weighted by molar-refractivity contribution is 0.582. The van der Waals surface area contributed by atoms with Gasteiger partial charge in [0.2, 0.25) is 0 Å². The van der Waals surface area contributed by atoms with Gasteiger partial charge in [-0.15, -0.1) is 0 Å². The summed E-state index contributed by atoms with van der Waals surface area (Å²) in [6, 6.07) is 4.70. The highest BCUT2D eigenvalue weighted by Crippen LogP contribution is 2.13. The molecular weight excluding hydrogens is 254 g/mol. The van der Waals surface area contributed by atoms with Crippen molar-refractivity contribution >= 4 is 15.8 Å². The fourth-order valence-electron chi connectivity index (χ4n) is 1.42. The molecule has 0 spiro atoms. The predicted octanol–water partition coefficient (Wildman–Crippen LogP) is 0.0746. The third kappa shape index (κ3) is 2.49. The summed E-state index contributed by atoms with van der Waals surface area (Å²) in [5.41, 5.74) is 6.27. The normalized spacial score (nSPS) is 11.4. The number of hydrogen-bond acceptors (Lipinski definition) is 5. The van der Waals surface area contributed by atoms with Gasteiger partial charge >= 0.3 is 0 Å². The lowest BCUT2D eigenvalue weighted by Gasteiger charge is -2.07. The summed E-state index contributed by atoms with van der Waals surface area (Å²) in [4.78, 5) is 3.97. The molecule has 0 unspecified atom stereocenters. The molecule has 2 rings (SSSR count). The van der Waals surface area contributed by atoms with Crippen LogP contribution in [0.2, 0.25) is 0 Å². The molecule has 0 aliphatic rings. The van der Waals surface area contributed by atoms with Gasteiger partial charge in [0, 0.05) is 19.8 Å². The number of aromatic nitrogens is 3. The highest BCUT2D eigenvalue weighted by Gasteiger charge is 2.18. The lowest BCUT2D eigenvalue weighted by atomic mass is 10.3. The number of nitrogens with one attached hydrogen (secondary N) is 1. The summed E-state index contributed by atoms with van der Waals surface area (Å²) in [5, 5.41) is 3.89. The van der Waals surface area contributed by atoms with Gasteiger partial charge in [0.15, 0.2) is 5.03 Å². The van der Waals surface area contributed by atoms with E-state index in [1.54, 1.807) is 19.2 Å². The average molecular weight is 267 g/mol. The number of pyridine rings is 1. The van der Waals surface area contributed by atoms with E-state index in [1.165, 1.54) is 23.1 Å². The lowest BCUT2D eigenvalue weighted by Crippen LogP contribution is -2.17. The molecule has 2 aromatic heterocycles. The molecule has 0 atom stereocenters. The van der Waals surface area contributed by atoms with Crippen LogP contribution in [0.3, 0.4) is 0 Å². The SMILES string of the molecule is Cn1nccc1S(=O)(=O)Nc1ccc(CN)cn1. The summed E-state index contributed by atoms with van der Waals surface area (Å²) >= 11 is 0. The maximum Gasteiger partial charge on any atom is 0.280 e. The zero-order valence-electron chi connectivity index (χ0n) is 9.74. The minimum Gasteiger partial charge on any atom is -0.326 e. The van der Waals surface area contributed by atoms with Crippen LogP contribution in [-0.2, 0) is 23.6 Å². The molecule has 8 heteroatoms. The molecule has 2 heterocycles. The first kappa shape index (κ1) is 12.5. The minimum absolute atomic E-state index is 0.0761. The molecule has 96 valence electrons. The number of rotatable bonds is 4. The monoisotopic (exact) mass is 267 g/mol. The highest BCUT2D eigenvalue weighted by molar-refractivity contribution is 7.92. The fourth-order valence-corrected chi connectivity index (χ4v) is 2.56. The Labute approximate surface area is 105 Å². The third-order valence-electron chi connectivity index (χ3n) is 2.35. The van der Waals surface area contributed by atoms with E-state index in [0.717, 1.165) is 5.56 Å². The minimum atomic E-state index is -3.66. The molecule has 0 saturated heterocycles. The Morgan fingerprint density at radius 2 is 2.17 bits per heavy atom. The number of nitrogens with two attached hydrogens (primary N) is 1. The van der Waals surface area contributed by atoms with Crippen LogP contribution in [-0.4, -0.2) is 23.2 Å². The summed E-state index contributed by atoms with van der Waals surface area (Å²) in [7, 11) is -2.11. The van der Waals surface area contributed by atoms with Gasteiger partial charge in [-0.2, -0.15) is 13.5 Å². The Hall–Kier alpha value is -1.93. The van der Waals surface area contributed by atoms with Crippen molar-refractivity contribution in [3.05, 3.63) is 36.2 Å². The molecule has 18 heavy (non-hydrogen) atoms. The molecule has 2 aromatic rings. The van der Waals surface area contributed by atoms with Gasteiger partial charge in [-0.1, -0.05) is 6.07 Å². The van der Waals surface area contributed by atoms with Crippen LogP contribution < -0.4 is 10.5 Å². The molecule has 7 nitrogen and oxygen atoms in total. The van der Waals surface area contributed by atoms with Crippen LogP contribution in [0.4, 0.5) is 5.82 Å². The van der Waals surface area contributed by atoms with Crippen molar-refractivity contribution in [3.8, 4) is 0 Å². The smallest absolute Gasteiger partial charge is 0.280 e. The predicted molar refractivity (Wildman–Crippen MR) is 66.1 cm³/mol. The van der Waals surface area contributed by atoms with Crippen LogP contribution in [0.25, 0.3) is 0 Å². The average Bonchev–Trinajstić information content (AvgIpc) is 2.77. The summed E-state index contributed by atoms with van der Waals surface area (Å²) in [5.74, 6) is 0.244. The quantitative estimate of drug-likeness (QED) is 0.816. The van der Waals surface area contributed by atoms with Crippen LogP contribution in [0, 0.1) is 0 Å². The molecule has 0 aliphatic carbocycles. The molecule has 0 fully saturated rings. The van der Waals surface area contributed by atoms with E-state index < -0.39 is 10.0 Å². The summed E-state index contributed by atoms with van der Waals surface area (Å²) in [6.45, 7) is 0.363. The number of aryl methyl sites for hydroxylation is 1. The van der Waals surface area contributed by atoms with E-state index in [4.69, 9.17) is 5.73 Å². The highest BCUT2D eigenvalue weighted by atomic mass is 32.2. The molecule has 0 radical (unpaired) electrons. The molecule has 0 aliphatic heterocycles. The Kier molecular flexibility index (Phi) is 3.30. The van der Waals surface area contributed by atoms with E-state index >= 15 is 0 Å². The van der Waals surface area contributed by atoms with Gasteiger partial charge in [-0.05, 0) is 17.7 Å². The largest absolute Gasteiger partial charge is 0.326 e. The maximum absolute atomic E-state index is 12.0. The van der Waals surface area contributed by atoms with Gasteiger partial charge < -0.3 is 5.73 Å². The van der Waals surface area contributed by atoms with Crippen LogP contribution in [0.15, 0.2) is 35.6 Å². The van der Waals surface area contributed by atoms with Crippen molar-refractivity contribution in [2.75, 3.05) is 4.72 Å².